The van der Waals surface area contributed by atoms with Gasteiger partial charge in [-0.3, -0.25) is 0 Å². The molecule has 0 saturated heterocycles. The minimum atomic E-state index is -0.788. The summed E-state index contributed by atoms with van der Waals surface area (Å²) in [5.41, 5.74) is 0. The normalized spacial score (nSPS) is 15.3. The molecule has 0 aliphatic carbocycles. The minimum absolute atomic E-state index is 0. The Morgan fingerprint density at radius 1 is 1.50 bits per heavy atom. The molecule has 5 heteroatoms. The molecule has 0 rings (SSSR count). The van der Waals surface area contributed by atoms with Crippen molar-refractivity contribution in [2.75, 3.05) is 6.61 Å². The van der Waals surface area contributed by atoms with Gasteiger partial charge in [0.25, 0.3) is 0 Å². The first-order valence-electron chi connectivity index (χ1n) is 3.63. The van der Waals surface area contributed by atoms with E-state index in [1.54, 1.807) is 6.92 Å². The molecule has 0 bridgehead atoms. The first-order chi connectivity index (χ1) is 5.16. The lowest BCUT2D eigenvalue weighted by Crippen LogP contribution is -2.14. The Hall–Kier alpha value is -0.320. The maximum absolute atomic E-state index is 8.74. The van der Waals surface area contributed by atoms with E-state index in [-0.39, 0.29) is 18.6 Å². The van der Waals surface area contributed by atoms with Crippen molar-refractivity contribution in [3.05, 3.63) is 0 Å². The third-order valence-corrected chi connectivity index (χ3v) is 0.906. The summed E-state index contributed by atoms with van der Waals surface area (Å²) in [4.78, 5) is 3.82. The van der Waals surface area contributed by atoms with Crippen LogP contribution >= 0.6 is 12.4 Å². The van der Waals surface area contributed by atoms with E-state index in [4.69, 9.17) is 14.6 Å². The number of ether oxygens (including phenoxy) is 2. The first kappa shape index (κ1) is 14.2. The van der Waals surface area contributed by atoms with Gasteiger partial charge in [-0.05, 0) is 20.8 Å². The van der Waals surface area contributed by atoms with E-state index in [1.807, 2.05) is 6.92 Å². The molecule has 0 aliphatic rings. The van der Waals surface area contributed by atoms with Crippen molar-refractivity contribution in [1.29, 1.82) is 0 Å². The predicted octanol–water partition coefficient (Wildman–Crippen LogP) is 1.17. The maximum Gasteiger partial charge on any atom is 0.171 e. The van der Waals surface area contributed by atoms with Crippen molar-refractivity contribution in [3.63, 3.8) is 0 Å². The van der Waals surface area contributed by atoms with Crippen LogP contribution in [0.25, 0.3) is 0 Å². The van der Waals surface area contributed by atoms with Crippen LogP contribution < -0.4 is 0 Å². The fourth-order valence-corrected chi connectivity index (χ4v) is 0.523. The highest BCUT2D eigenvalue weighted by Crippen LogP contribution is 1.95. The number of aliphatic hydroxyl groups is 1. The van der Waals surface area contributed by atoms with E-state index < -0.39 is 6.29 Å². The number of aliphatic imine (C=N–C) groups is 1. The zero-order chi connectivity index (χ0) is 8.69. The smallest absolute Gasteiger partial charge is 0.171 e. The van der Waals surface area contributed by atoms with Crippen LogP contribution in [0.15, 0.2) is 4.99 Å². The van der Waals surface area contributed by atoms with Crippen molar-refractivity contribution in [2.45, 2.75) is 33.3 Å². The summed E-state index contributed by atoms with van der Waals surface area (Å²) in [5, 5.41) is 8.74. The highest BCUT2D eigenvalue weighted by molar-refractivity contribution is 5.85. The average Bonchev–Trinajstić information content (AvgIpc) is 1.86. The molecule has 0 aliphatic heterocycles. The van der Waals surface area contributed by atoms with Crippen LogP contribution in [-0.2, 0) is 9.47 Å². The SMILES string of the molecule is CCOC=NC(C)OC(C)O.Cl. The molecule has 0 spiro atoms. The average molecular weight is 198 g/mol. The number of rotatable bonds is 5. The van der Waals surface area contributed by atoms with Crippen LogP contribution in [0.1, 0.15) is 20.8 Å². The van der Waals surface area contributed by atoms with Crippen LogP contribution in [-0.4, -0.2) is 30.6 Å². The number of halogens is 1. The van der Waals surface area contributed by atoms with Crippen molar-refractivity contribution < 1.29 is 14.6 Å². The molecular formula is C7H16ClNO3. The number of hydrogen-bond donors (Lipinski definition) is 1. The fraction of sp³-hybridized carbons (Fsp3) is 0.857. The fourth-order valence-electron chi connectivity index (χ4n) is 0.523. The molecule has 0 aromatic heterocycles. The van der Waals surface area contributed by atoms with Crippen LogP contribution in [0.5, 0.6) is 0 Å². The maximum atomic E-state index is 8.74. The van der Waals surface area contributed by atoms with Gasteiger partial charge in [0.05, 0.1) is 6.61 Å². The summed E-state index contributed by atoms with van der Waals surface area (Å²) in [6.07, 6.45) is 0.179. The molecule has 4 nitrogen and oxygen atoms in total. The standard InChI is InChI=1S/C7H15NO3.ClH/c1-4-10-5-8-6(2)11-7(3)9;/h5-7,9H,4H2,1-3H3;1H. The third-order valence-electron chi connectivity index (χ3n) is 0.906. The molecule has 1 N–H and O–H groups in total. The quantitative estimate of drug-likeness (QED) is 0.409. The third kappa shape index (κ3) is 9.68. The van der Waals surface area contributed by atoms with E-state index >= 15 is 0 Å². The van der Waals surface area contributed by atoms with Gasteiger partial charge in [-0.1, -0.05) is 0 Å². The molecule has 0 amide bonds. The van der Waals surface area contributed by atoms with Crippen molar-refractivity contribution in [1.82, 2.24) is 0 Å². The van der Waals surface area contributed by atoms with Crippen LogP contribution in [0, 0.1) is 0 Å². The first-order valence-corrected chi connectivity index (χ1v) is 3.63. The van der Waals surface area contributed by atoms with Gasteiger partial charge >= 0.3 is 0 Å². The molecule has 74 valence electrons. The second-order valence-electron chi connectivity index (χ2n) is 2.04. The van der Waals surface area contributed by atoms with Gasteiger partial charge in [-0.15, -0.1) is 12.4 Å². The molecule has 2 unspecified atom stereocenters. The highest BCUT2D eigenvalue weighted by atomic mass is 35.5. The topological polar surface area (TPSA) is 51.0 Å². The predicted molar refractivity (Wildman–Crippen MR) is 49.6 cm³/mol. The summed E-state index contributed by atoms with van der Waals surface area (Å²) >= 11 is 0. The number of aliphatic hydroxyl groups excluding tert-OH is 1. The molecular weight excluding hydrogens is 182 g/mol. The second-order valence-corrected chi connectivity index (χ2v) is 2.04. The molecule has 0 fully saturated rings. The summed E-state index contributed by atoms with van der Waals surface area (Å²) in [7, 11) is 0. The van der Waals surface area contributed by atoms with E-state index in [9.17, 15) is 0 Å². The molecule has 0 aromatic rings. The summed E-state index contributed by atoms with van der Waals surface area (Å²) in [6.45, 7) is 5.71. The van der Waals surface area contributed by atoms with E-state index in [1.165, 1.54) is 13.3 Å². The summed E-state index contributed by atoms with van der Waals surface area (Å²) in [6, 6.07) is 0. The Labute approximate surface area is 79.0 Å². The zero-order valence-electron chi connectivity index (χ0n) is 7.56. The highest BCUT2D eigenvalue weighted by Gasteiger charge is 2.00. The molecule has 0 radical (unpaired) electrons. The van der Waals surface area contributed by atoms with E-state index in [0.29, 0.717) is 6.61 Å². The minimum Gasteiger partial charge on any atom is -0.484 e. The second kappa shape index (κ2) is 8.77. The van der Waals surface area contributed by atoms with Crippen molar-refractivity contribution >= 4 is 18.8 Å². The molecule has 12 heavy (non-hydrogen) atoms. The van der Waals surface area contributed by atoms with Gasteiger partial charge in [0.2, 0.25) is 0 Å². The lowest BCUT2D eigenvalue weighted by Gasteiger charge is -2.09. The number of nitrogens with zero attached hydrogens (tertiary/aromatic N) is 1. The van der Waals surface area contributed by atoms with Gasteiger partial charge in [0.1, 0.15) is 0 Å². The Morgan fingerprint density at radius 3 is 2.50 bits per heavy atom. The Kier molecular flexibility index (Phi) is 10.4. The Bertz CT molecular complexity index is 119. The molecule has 0 saturated carbocycles. The van der Waals surface area contributed by atoms with Gasteiger partial charge in [0.15, 0.2) is 18.9 Å². The monoisotopic (exact) mass is 197 g/mol. The molecule has 0 aromatic carbocycles. The van der Waals surface area contributed by atoms with E-state index in [0.717, 1.165) is 0 Å². The van der Waals surface area contributed by atoms with Gasteiger partial charge in [-0.25, -0.2) is 4.99 Å². The van der Waals surface area contributed by atoms with Crippen LogP contribution in [0.4, 0.5) is 0 Å². The van der Waals surface area contributed by atoms with Crippen LogP contribution in [0.2, 0.25) is 0 Å². The van der Waals surface area contributed by atoms with E-state index in [2.05, 4.69) is 4.99 Å². The summed E-state index contributed by atoms with van der Waals surface area (Å²) < 4.78 is 9.71. The summed E-state index contributed by atoms with van der Waals surface area (Å²) in [5.74, 6) is 0. The Morgan fingerprint density at radius 2 is 2.08 bits per heavy atom. The molecule has 0 heterocycles. The van der Waals surface area contributed by atoms with Crippen LogP contribution in [0.3, 0.4) is 0 Å². The van der Waals surface area contributed by atoms with Crippen molar-refractivity contribution in [3.8, 4) is 0 Å². The largest absolute Gasteiger partial charge is 0.484 e. The Balaban J connectivity index is 0. The van der Waals surface area contributed by atoms with Crippen molar-refractivity contribution in [2.24, 2.45) is 4.99 Å². The lowest BCUT2D eigenvalue weighted by molar-refractivity contribution is -0.115. The lowest BCUT2D eigenvalue weighted by atomic mass is 10.6. The van der Waals surface area contributed by atoms with Gasteiger partial charge in [-0.2, -0.15) is 0 Å². The van der Waals surface area contributed by atoms with Gasteiger partial charge < -0.3 is 14.6 Å². The van der Waals surface area contributed by atoms with Gasteiger partial charge in [0, 0.05) is 0 Å². The number of hydrogen-bond acceptors (Lipinski definition) is 4. The zero-order valence-corrected chi connectivity index (χ0v) is 8.37. The molecule has 2 atom stereocenters.